The molecular formula is C20H20F3N5O2. The Balaban J connectivity index is 2.06. The number of pyridine rings is 1. The third-order valence-corrected chi connectivity index (χ3v) is 4.14. The second kappa shape index (κ2) is 8.54. The van der Waals surface area contributed by atoms with Crippen LogP contribution in [-0.2, 0) is 17.9 Å². The average Bonchev–Trinajstić information content (AvgIpc) is 3.05. The van der Waals surface area contributed by atoms with Gasteiger partial charge in [0.25, 0.3) is 0 Å². The summed E-state index contributed by atoms with van der Waals surface area (Å²) in [5, 5.41) is 8.03. The molecule has 1 N–H and O–H groups in total. The van der Waals surface area contributed by atoms with Crippen LogP contribution in [0.3, 0.4) is 0 Å². The summed E-state index contributed by atoms with van der Waals surface area (Å²) in [7, 11) is 3.85. The molecule has 1 amide bonds. The Morgan fingerprint density at radius 2 is 1.97 bits per heavy atom. The van der Waals surface area contributed by atoms with Crippen molar-refractivity contribution >= 4 is 16.9 Å². The molecule has 10 heteroatoms. The van der Waals surface area contributed by atoms with E-state index in [0.29, 0.717) is 23.6 Å². The lowest BCUT2D eigenvalue weighted by Crippen LogP contribution is -2.20. The second-order valence-corrected chi connectivity index (χ2v) is 6.73. The van der Waals surface area contributed by atoms with Gasteiger partial charge in [0.1, 0.15) is 5.75 Å². The van der Waals surface area contributed by atoms with Crippen LogP contribution in [0.4, 0.5) is 13.2 Å². The van der Waals surface area contributed by atoms with E-state index in [-0.39, 0.29) is 18.2 Å². The van der Waals surface area contributed by atoms with Gasteiger partial charge in [0.05, 0.1) is 17.9 Å². The zero-order valence-corrected chi connectivity index (χ0v) is 16.4. The molecule has 0 saturated carbocycles. The van der Waals surface area contributed by atoms with E-state index in [0.717, 1.165) is 17.0 Å². The minimum absolute atomic E-state index is 0.149. The van der Waals surface area contributed by atoms with Crippen molar-refractivity contribution in [3.8, 4) is 11.4 Å². The Bertz CT molecular complexity index is 1060. The van der Waals surface area contributed by atoms with Crippen LogP contribution >= 0.6 is 0 Å². The molecule has 0 atom stereocenters. The molecule has 30 heavy (non-hydrogen) atoms. The van der Waals surface area contributed by atoms with Crippen LogP contribution in [0.5, 0.6) is 5.75 Å². The zero-order valence-electron chi connectivity index (χ0n) is 16.4. The maximum absolute atomic E-state index is 12.4. The van der Waals surface area contributed by atoms with Crippen molar-refractivity contribution < 1.29 is 22.7 Å². The van der Waals surface area contributed by atoms with Crippen molar-refractivity contribution in [2.45, 2.75) is 19.5 Å². The van der Waals surface area contributed by atoms with E-state index >= 15 is 0 Å². The molecule has 0 aliphatic carbocycles. The number of aromatic nitrogens is 3. The molecule has 2 heterocycles. The highest BCUT2D eigenvalue weighted by atomic mass is 19.4. The molecular weight excluding hydrogens is 399 g/mol. The normalized spacial score (nSPS) is 11.7. The summed E-state index contributed by atoms with van der Waals surface area (Å²) in [6, 6.07) is 7.20. The predicted octanol–water partition coefficient (Wildman–Crippen LogP) is 3.18. The summed E-state index contributed by atoms with van der Waals surface area (Å²) in [6.45, 7) is 4.19. The molecule has 0 aliphatic rings. The Kier molecular flexibility index (Phi) is 6.06. The smallest absolute Gasteiger partial charge is 0.406 e. The van der Waals surface area contributed by atoms with Crippen molar-refractivity contribution in [2.75, 3.05) is 14.1 Å². The summed E-state index contributed by atoms with van der Waals surface area (Å²) in [5.41, 5.74) is 2.57. The van der Waals surface area contributed by atoms with E-state index in [4.69, 9.17) is 0 Å². The molecule has 0 spiro atoms. The number of nitrogens with one attached hydrogen (secondary N) is 1. The average molecular weight is 419 g/mol. The van der Waals surface area contributed by atoms with Crippen LogP contribution in [0.15, 0.2) is 49.2 Å². The largest absolute Gasteiger partial charge is 0.573 e. The highest BCUT2D eigenvalue weighted by Gasteiger charge is 2.31. The lowest BCUT2D eigenvalue weighted by atomic mass is 10.1. The number of carbonyl (C=O) groups is 1. The molecule has 0 aliphatic heterocycles. The quantitative estimate of drug-likeness (QED) is 0.596. The maximum Gasteiger partial charge on any atom is 0.573 e. The molecule has 1 aromatic carbocycles. The van der Waals surface area contributed by atoms with Crippen LogP contribution in [-0.4, -0.2) is 46.0 Å². The van der Waals surface area contributed by atoms with Gasteiger partial charge in [0, 0.05) is 18.1 Å². The van der Waals surface area contributed by atoms with E-state index in [1.54, 1.807) is 6.20 Å². The Hall–Kier alpha value is -3.40. The zero-order chi connectivity index (χ0) is 21.9. The molecule has 0 saturated heterocycles. The van der Waals surface area contributed by atoms with E-state index in [2.05, 4.69) is 26.7 Å². The topological polar surface area (TPSA) is 72.3 Å². The second-order valence-electron chi connectivity index (χ2n) is 6.73. The SMILES string of the molecule is C=CC(=O)NCc1nn(-c2ccc(OC(F)(F)F)cc2)c2nccc(CN(C)C)c12. The van der Waals surface area contributed by atoms with Gasteiger partial charge in [-0.2, -0.15) is 5.10 Å². The molecule has 7 nitrogen and oxygen atoms in total. The fourth-order valence-electron chi connectivity index (χ4n) is 2.99. The number of rotatable bonds is 7. The molecule has 0 bridgehead atoms. The highest BCUT2D eigenvalue weighted by Crippen LogP contribution is 2.27. The van der Waals surface area contributed by atoms with E-state index in [1.165, 1.54) is 28.9 Å². The number of ether oxygens (including phenoxy) is 1. The number of alkyl halides is 3. The van der Waals surface area contributed by atoms with Gasteiger partial charge < -0.3 is 15.0 Å². The number of halogens is 3. The third kappa shape index (κ3) is 4.95. The van der Waals surface area contributed by atoms with Crippen LogP contribution in [0.1, 0.15) is 11.3 Å². The fourth-order valence-corrected chi connectivity index (χ4v) is 2.99. The molecule has 0 radical (unpaired) electrons. The van der Waals surface area contributed by atoms with Crippen LogP contribution in [0.2, 0.25) is 0 Å². The number of carbonyl (C=O) groups excluding carboxylic acids is 1. The van der Waals surface area contributed by atoms with Crippen molar-refractivity contribution in [3.63, 3.8) is 0 Å². The van der Waals surface area contributed by atoms with Gasteiger partial charge in [-0.3, -0.25) is 4.79 Å². The first-order valence-corrected chi connectivity index (χ1v) is 8.94. The standard InChI is InChI=1S/C20H20F3N5O2/c1-4-17(29)25-11-16-18-13(12-27(2)3)9-10-24-19(18)28(26-16)14-5-7-15(8-6-14)30-20(21,22)23/h4-10H,1,11-12H2,2-3H3,(H,25,29). The molecule has 0 unspecified atom stereocenters. The number of amides is 1. The molecule has 158 valence electrons. The van der Waals surface area contributed by atoms with E-state index < -0.39 is 6.36 Å². The fraction of sp³-hybridized carbons (Fsp3) is 0.250. The first-order chi connectivity index (χ1) is 14.2. The lowest BCUT2D eigenvalue weighted by Gasteiger charge is -2.11. The van der Waals surface area contributed by atoms with Crippen molar-refractivity contribution in [1.82, 2.24) is 25.0 Å². The van der Waals surface area contributed by atoms with Gasteiger partial charge in [-0.05, 0) is 56.1 Å². The van der Waals surface area contributed by atoms with Crippen molar-refractivity contribution in [2.24, 2.45) is 0 Å². The predicted molar refractivity (Wildman–Crippen MR) is 105 cm³/mol. The number of fused-ring (bicyclic) bond motifs is 1. The van der Waals surface area contributed by atoms with Gasteiger partial charge in [0.15, 0.2) is 5.65 Å². The monoisotopic (exact) mass is 419 g/mol. The summed E-state index contributed by atoms with van der Waals surface area (Å²) in [4.78, 5) is 18.0. The highest BCUT2D eigenvalue weighted by molar-refractivity contribution is 5.88. The van der Waals surface area contributed by atoms with Crippen molar-refractivity contribution in [3.05, 3.63) is 60.4 Å². The summed E-state index contributed by atoms with van der Waals surface area (Å²) in [5.74, 6) is -0.674. The number of nitrogens with zero attached hydrogens (tertiary/aromatic N) is 4. The Morgan fingerprint density at radius 3 is 2.57 bits per heavy atom. The van der Waals surface area contributed by atoms with Gasteiger partial charge in [0.2, 0.25) is 5.91 Å². The summed E-state index contributed by atoms with van der Waals surface area (Å²) in [6.07, 6.45) is -1.96. The lowest BCUT2D eigenvalue weighted by molar-refractivity contribution is -0.274. The van der Waals surface area contributed by atoms with Gasteiger partial charge >= 0.3 is 6.36 Å². The first-order valence-electron chi connectivity index (χ1n) is 8.94. The van der Waals surface area contributed by atoms with Gasteiger partial charge in [-0.15, -0.1) is 13.2 Å². The Labute approximate surface area is 170 Å². The number of benzene rings is 1. The molecule has 2 aromatic heterocycles. The number of hydrogen-bond donors (Lipinski definition) is 1. The van der Waals surface area contributed by atoms with E-state index in [1.807, 2.05) is 25.1 Å². The summed E-state index contributed by atoms with van der Waals surface area (Å²) < 4.78 is 42.7. The summed E-state index contributed by atoms with van der Waals surface area (Å²) >= 11 is 0. The van der Waals surface area contributed by atoms with Gasteiger partial charge in [-0.25, -0.2) is 9.67 Å². The number of hydrogen-bond acceptors (Lipinski definition) is 5. The molecule has 3 rings (SSSR count). The molecule has 0 fully saturated rings. The van der Waals surface area contributed by atoms with Crippen molar-refractivity contribution in [1.29, 1.82) is 0 Å². The van der Waals surface area contributed by atoms with Gasteiger partial charge in [-0.1, -0.05) is 6.58 Å². The van der Waals surface area contributed by atoms with Crippen LogP contribution in [0.25, 0.3) is 16.7 Å². The minimum Gasteiger partial charge on any atom is -0.406 e. The molecule has 3 aromatic rings. The van der Waals surface area contributed by atoms with E-state index in [9.17, 15) is 18.0 Å². The maximum atomic E-state index is 12.4. The first kappa shape index (κ1) is 21.3. The van der Waals surface area contributed by atoms with Crippen LogP contribution in [0, 0.1) is 0 Å². The third-order valence-electron chi connectivity index (χ3n) is 4.14. The Morgan fingerprint density at radius 1 is 1.27 bits per heavy atom. The minimum atomic E-state index is -4.76. The van der Waals surface area contributed by atoms with Crippen LogP contribution < -0.4 is 10.1 Å².